The fraction of sp³-hybridized carbons (Fsp3) is 0.971. The molecule has 0 spiro atoms. The molecule has 0 amide bonds. The van der Waals surface area contributed by atoms with E-state index in [2.05, 4.69) is 13.8 Å². The van der Waals surface area contributed by atoms with Gasteiger partial charge in [-0.2, -0.15) is 0 Å². The van der Waals surface area contributed by atoms with Crippen LogP contribution in [0, 0.1) is 0 Å². The number of phosphoric acid groups is 1. The number of quaternary nitrogens is 1. The lowest BCUT2D eigenvalue weighted by molar-refractivity contribution is -0.870. The van der Waals surface area contributed by atoms with Crippen molar-refractivity contribution in [2.45, 2.75) is 392 Å². The van der Waals surface area contributed by atoms with Crippen molar-refractivity contribution < 1.29 is 42.1 Å². The Bertz CT molecular complexity index is 1310. The molecule has 478 valence electrons. The summed E-state index contributed by atoms with van der Waals surface area (Å²) in [6.45, 7) is 4.33. The normalized spacial score (nSPS) is 13.0. The summed E-state index contributed by atoms with van der Waals surface area (Å²) >= 11 is 0. The highest BCUT2D eigenvalue weighted by molar-refractivity contribution is 7.45. The predicted molar refractivity (Wildman–Crippen MR) is 342 cm³/mol. The first-order valence-corrected chi connectivity index (χ1v) is 37.2. The second kappa shape index (κ2) is 62.5. The zero-order valence-electron chi connectivity index (χ0n) is 54.6. The zero-order chi connectivity index (χ0) is 58.4. The molecule has 2 atom stereocenters. The highest BCUT2D eigenvalue weighted by atomic mass is 31.2. The molecule has 0 aliphatic heterocycles. The number of ether oxygens (including phenoxy) is 2. The van der Waals surface area contributed by atoms with Gasteiger partial charge in [-0.25, -0.2) is 0 Å². The van der Waals surface area contributed by atoms with Gasteiger partial charge >= 0.3 is 11.9 Å². The van der Waals surface area contributed by atoms with Gasteiger partial charge in [-0.1, -0.05) is 361 Å². The average molecular weight is 1150 g/mol. The standard InChI is InChI=1S/C70H140NO8P/c1-6-8-10-12-14-16-18-20-22-24-26-27-28-29-30-31-32-33-34-35-36-37-38-39-40-41-42-43-45-47-49-51-53-55-57-59-61-63-70(73)79-68(67-78-80(74,75)77-65-64-71(3,4)5)66-76-69(72)62-60-58-56-54-52-50-48-46-44-25-23-21-19-17-15-13-11-9-7-2/h68H,6-67H2,1-5H3. The Morgan fingerprint density at radius 1 is 0.338 bits per heavy atom. The Morgan fingerprint density at radius 3 is 0.800 bits per heavy atom. The number of phosphoric ester groups is 1. The van der Waals surface area contributed by atoms with Crippen molar-refractivity contribution in [3.63, 3.8) is 0 Å². The van der Waals surface area contributed by atoms with E-state index >= 15 is 0 Å². The summed E-state index contributed by atoms with van der Waals surface area (Å²) in [6, 6.07) is 0. The summed E-state index contributed by atoms with van der Waals surface area (Å²) in [5.74, 6) is -0.805. The summed E-state index contributed by atoms with van der Waals surface area (Å²) in [6.07, 6.45) is 74.9. The van der Waals surface area contributed by atoms with Gasteiger partial charge < -0.3 is 27.9 Å². The number of esters is 2. The maximum atomic E-state index is 12.9. The third kappa shape index (κ3) is 66.2. The molecule has 0 bridgehead atoms. The van der Waals surface area contributed by atoms with E-state index < -0.39 is 26.5 Å². The SMILES string of the molecule is CCCCCCCCCCCCCCCCCCCCCCCCCCCCCCCCCCCCCCCC(=O)OC(COC(=O)CCCCCCCCCCCCCCCCCCCCC)COP(=O)([O-])OCC[N+](C)(C)C. The Kier molecular flexibility index (Phi) is 61.8. The molecule has 0 aromatic heterocycles. The van der Waals surface area contributed by atoms with Crippen LogP contribution < -0.4 is 4.89 Å². The summed E-state index contributed by atoms with van der Waals surface area (Å²) in [5, 5.41) is 0. The van der Waals surface area contributed by atoms with E-state index in [4.69, 9.17) is 18.5 Å². The highest BCUT2D eigenvalue weighted by Gasteiger charge is 2.22. The van der Waals surface area contributed by atoms with Crippen LogP contribution in [0.2, 0.25) is 0 Å². The van der Waals surface area contributed by atoms with Crippen LogP contribution in [0.25, 0.3) is 0 Å². The van der Waals surface area contributed by atoms with Gasteiger partial charge in [-0.3, -0.25) is 14.2 Å². The molecule has 80 heavy (non-hydrogen) atoms. The van der Waals surface area contributed by atoms with Gasteiger partial charge in [0.05, 0.1) is 27.7 Å². The van der Waals surface area contributed by atoms with Crippen LogP contribution >= 0.6 is 7.82 Å². The molecule has 0 fully saturated rings. The number of carbonyl (C=O) groups excluding carboxylic acids is 2. The summed E-state index contributed by atoms with van der Waals surface area (Å²) in [5.41, 5.74) is 0. The van der Waals surface area contributed by atoms with Crippen LogP contribution in [-0.2, 0) is 32.7 Å². The van der Waals surface area contributed by atoms with E-state index in [-0.39, 0.29) is 32.0 Å². The highest BCUT2D eigenvalue weighted by Crippen LogP contribution is 2.38. The maximum Gasteiger partial charge on any atom is 0.306 e. The van der Waals surface area contributed by atoms with Crippen molar-refractivity contribution >= 4 is 19.8 Å². The minimum absolute atomic E-state index is 0.0249. The number of hydrogen-bond donors (Lipinski definition) is 0. The van der Waals surface area contributed by atoms with Gasteiger partial charge in [-0.05, 0) is 12.8 Å². The van der Waals surface area contributed by atoms with Crippen LogP contribution in [0.4, 0.5) is 0 Å². The Balaban J connectivity index is 3.88. The van der Waals surface area contributed by atoms with Gasteiger partial charge in [0.15, 0.2) is 6.10 Å². The fourth-order valence-corrected chi connectivity index (χ4v) is 11.9. The van der Waals surface area contributed by atoms with E-state index in [9.17, 15) is 19.0 Å². The van der Waals surface area contributed by atoms with Gasteiger partial charge in [-0.15, -0.1) is 0 Å². The van der Waals surface area contributed by atoms with Gasteiger partial charge in [0.2, 0.25) is 0 Å². The molecular formula is C70H140NO8P. The molecule has 0 N–H and O–H groups in total. The number of likely N-dealkylation sites (N-methyl/N-ethyl adjacent to an activating group) is 1. The lowest BCUT2D eigenvalue weighted by Crippen LogP contribution is -2.37. The first kappa shape index (κ1) is 79.0. The van der Waals surface area contributed by atoms with Crippen molar-refractivity contribution in [1.82, 2.24) is 0 Å². The quantitative estimate of drug-likeness (QED) is 0.0256. The maximum absolute atomic E-state index is 12.9. The molecule has 0 rings (SSSR count). The zero-order valence-corrected chi connectivity index (χ0v) is 55.5. The molecule has 0 aliphatic carbocycles. The third-order valence-electron chi connectivity index (χ3n) is 16.6. The average Bonchev–Trinajstić information content (AvgIpc) is 3.42. The molecule has 0 saturated carbocycles. The smallest absolute Gasteiger partial charge is 0.306 e. The molecule has 10 heteroatoms. The second-order valence-electron chi connectivity index (χ2n) is 26.0. The Labute approximate surface area is 499 Å². The number of rotatable bonds is 68. The first-order chi connectivity index (χ1) is 39.0. The topological polar surface area (TPSA) is 111 Å². The van der Waals surface area contributed by atoms with Crippen LogP contribution in [0.15, 0.2) is 0 Å². The molecule has 0 saturated heterocycles. The minimum Gasteiger partial charge on any atom is -0.756 e. The van der Waals surface area contributed by atoms with Crippen molar-refractivity contribution in [2.75, 3.05) is 47.5 Å². The molecule has 0 aliphatic rings. The summed E-state index contributed by atoms with van der Waals surface area (Å²) in [7, 11) is 1.20. The van der Waals surface area contributed by atoms with Crippen LogP contribution in [0.3, 0.4) is 0 Å². The molecule has 0 radical (unpaired) electrons. The first-order valence-electron chi connectivity index (χ1n) is 35.7. The van der Waals surface area contributed by atoms with E-state index in [1.54, 1.807) is 0 Å². The largest absolute Gasteiger partial charge is 0.756 e. The Hall–Kier alpha value is -0.990. The molecular weight excluding hydrogens is 1010 g/mol. The van der Waals surface area contributed by atoms with Crippen molar-refractivity contribution in [1.29, 1.82) is 0 Å². The van der Waals surface area contributed by atoms with Crippen molar-refractivity contribution in [3.8, 4) is 0 Å². The number of nitrogens with zero attached hydrogens (tertiary/aromatic N) is 1. The van der Waals surface area contributed by atoms with Gasteiger partial charge in [0.25, 0.3) is 7.82 Å². The monoisotopic (exact) mass is 1150 g/mol. The van der Waals surface area contributed by atoms with Gasteiger partial charge in [0.1, 0.15) is 19.8 Å². The molecule has 2 unspecified atom stereocenters. The third-order valence-corrected chi connectivity index (χ3v) is 17.6. The lowest BCUT2D eigenvalue weighted by Gasteiger charge is -2.28. The molecule has 0 aromatic rings. The fourth-order valence-electron chi connectivity index (χ4n) is 11.1. The van der Waals surface area contributed by atoms with E-state index in [0.29, 0.717) is 17.4 Å². The lowest BCUT2D eigenvalue weighted by atomic mass is 10.0. The molecule has 0 aromatic carbocycles. The van der Waals surface area contributed by atoms with E-state index in [1.165, 1.54) is 321 Å². The predicted octanol–water partition coefficient (Wildman–Crippen LogP) is 22.3. The van der Waals surface area contributed by atoms with Gasteiger partial charge in [0, 0.05) is 12.8 Å². The van der Waals surface area contributed by atoms with E-state index in [0.717, 1.165) is 32.1 Å². The van der Waals surface area contributed by atoms with Crippen LogP contribution in [0.5, 0.6) is 0 Å². The number of carbonyl (C=O) groups is 2. The Morgan fingerprint density at radius 2 is 0.562 bits per heavy atom. The number of unbranched alkanes of at least 4 members (excludes halogenated alkanes) is 54. The van der Waals surface area contributed by atoms with Crippen LogP contribution in [-0.4, -0.2) is 70.0 Å². The number of hydrogen-bond acceptors (Lipinski definition) is 8. The van der Waals surface area contributed by atoms with Crippen LogP contribution in [0.1, 0.15) is 386 Å². The summed E-state index contributed by atoms with van der Waals surface area (Å²) in [4.78, 5) is 38.0. The second-order valence-corrected chi connectivity index (χ2v) is 27.4. The van der Waals surface area contributed by atoms with Crippen molar-refractivity contribution in [3.05, 3.63) is 0 Å². The molecule has 0 heterocycles. The molecule has 9 nitrogen and oxygen atoms in total. The summed E-state index contributed by atoms with van der Waals surface area (Å²) < 4.78 is 34.3. The van der Waals surface area contributed by atoms with Crippen molar-refractivity contribution in [2.24, 2.45) is 0 Å². The van der Waals surface area contributed by atoms with E-state index in [1.807, 2.05) is 21.1 Å². The minimum atomic E-state index is -4.63.